The summed E-state index contributed by atoms with van der Waals surface area (Å²) in [5, 5.41) is 11.0. The molecule has 0 amide bonds. The van der Waals surface area contributed by atoms with Gasteiger partial charge in [-0.2, -0.15) is 0 Å². The van der Waals surface area contributed by atoms with E-state index in [1.54, 1.807) is 18.5 Å². The number of nitrogens with zero attached hydrogens (tertiary/aromatic N) is 6. The summed E-state index contributed by atoms with van der Waals surface area (Å²) < 4.78 is 0. The van der Waals surface area contributed by atoms with Crippen molar-refractivity contribution in [3.8, 4) is 17.1 Å². The van der Waals surface area contributed by atoms with Crippen LogP contribution >= 0.6 is 0 Å². The van der Waals surface area contributed by atoms with Gasteiger partial charge in [0.2, 0.25) is 0 Å². The van der Waals surface area contributed by atoms with Crippen molar-refractivity contribution in [1.29, 1.82) is 0 Å². The molecule has 0 aromatic carbocycles. The van der Waals surface area contributed by atoms with Crippen LogP contribution < -0.4 is 4.90 Å². The Kier molecular flexibility index (Phi) is 6.21. The van der Waals surface area contributed by atoms with Gasteiger partial charge in [0.1, 0.15) is 17.1 Å². The van der Waals surface area contributed by atoms with E-state index in [0.29, 0.717) is 13.1 Å². The Hall–Kier alpha value is -3.03. The number of piperazine rings is 1. The Balaban J connectivity index is 1.63. The van der Waals surface area contributed by atoms with Gasteiger partial charge in [0.25, 0.3) is 0 Å². The van der Waals surface area contributed by atoms with E-state index in [-0.39, 0.29) is 5.75 Å². The van der Waals surface area contributed by atoms with Crippen LogP contribution in [0, 0.1) is 0 Å². The molecule has 1 saturated heterocycles. The summed E-state index contributed by atoms with van der Waals surface area (Å²) in [7, 11) is 4.15. The highest BCUT2D eigenvalue weighted by Gasteiger charge is 2.23. The lowest BCUT2D eigenvalue weighted by Gasteiger charge is -2.35. The lowest BCUT2D eigenvalue weighted by atomic mass is 10.1. The Morgan fingerprint density at radius 1 is 0.933 bits per heavy atom. The van der Waals surface area contributed by atoms with E-state index in [1.165, 1.54) is 0 Å². The van der Waals surface area contributed by atoms with E-state index in [1.807, 2.05) is 43.4 Å². The van der Waals surface area contributed by atoms with Gasteiger partial charge in [0, 0.05) is 57.7 Å². The number of pyridine rings is 3. The number of hydrogen-bond donors (Lipinski definition) is 1. The summed E-state index contributed by atoms with van der Waals surface area (Å²) in [6.45, 7) is 4.93. The average molecular weight is 405 g/mol. The first-order valence-electron chi connectivity index (χ1n) is 10.3. The molecule has 156 valence electrons. The van der Waals surface area contributed by atoms with Crippen LogP contribution in [0.4, 0.5) is 5.69 Å². The van der Waals surface area contributed by atoms with Crippen molar-refractivity contribution in [3.63, 3.8) is 0 Å². The molecule has 1 N–H and O–H groups in total. The van der Waals surface area contributed by atoms with Crippen molar-refractivity contribution in [2.24, 2.45) is 0 Å². The minimum atomic E-state index is 0.261. The fraction of sp³-hybridized carbons (Fsp3) is 0.348. The molecule has 3 aromatic heterocycles. The molecule has 0 atom stereocenters. The molecule has 7 nitrogen and oxygen atoms in total. The van der Waals surface area contributed by atoms with E-state index in [4.69, 9.17) is 4.98 Å². The second-order valence-electron chi connectivity index (χ2n) is 7.83. The summed E-state index contributed by atoms with van der Waals surface area (Å²) >= 11 is 0. The SMILES string of the molecule is CN1CCN(c2c(O)cc(CN(C)Cc3ccccn3)nc2-c2ccccn2)CC1. The first-order chi connectivity index (χ1) is 14.6. The third-order valence-corrected chi connectivity index (χ3v) is 5.34. The lowest BCUT2D eigenvalue weighted by molar-refractivity contribution is 0.308. The maximum Gasteiger partial charge on any atom is 0.143 e. The van der Waals surface area contributed by atoms with E-state index in [2.05, 4.69) is 31.7 Å². The summed E-state index contributed by atoms with van der Waals surface area (Å²) in [6, 6.07) is 13.5. The van der Waals surface area contributed by atoms with Crippen LogP contribution in [0.25, 0.3) is 11.4 Å². The Morgan fingerprint density at radius 2 is 1.63 bits per heavy atom. The van der Waals surface area contributed by atoms with Gasteiger partial charge < -0.3 is 14.9 Å². The summed E-state index contributed by atoms with van der Waals surface area (Å²) in [5.41, 5.74) is 4.10. The number of rotatable bonds is 6. The van der Waals surface area contributed by atoms with Crippen molar-refractivity contribution < 1.29 is 5.11 Å². The predicted molar refractivity (Wildman–Crippen MR) is 118 cm³/mol. The molecule has 0 radical (unpaired) electrons. The van der Waals surface area contributed by atoms with Crippen molar-refractivity contribution in [3.05, 3.63) is 66.2 Å². The van der Waals surface area contributed by atoms with Gasteiger partial charge in [-0.3, -0.25) is 14.9 Å². The number of aromatic nitrogens is 3. The fourth-order valence-corrected chi connectivity index (χ4v) is 3.78. The monoisotopic (exact) mass is 404 g/mol. The minimum Gasteiger partial charge on any atom is -0.506 e. The molecule has 0 unspecified atom stereocenters. The van der Waals surface area contributed by atoms with Gasteiger partial charge >= 0.3 is 0 Å². The first kappa shape index (κ1) is 20.3. The topological polar surface area (TPSA) is 68.6 Å². The van der Waals surface area contributed by atoms with Crippen molar-refractivity contribution in [2.75, 3.05) is 45.2 Å². The van der Waals surface area contributed by atoms with Crippen LogP contribution in [0.5, 0.6) is 5.75 Å². The van der Waals surface area contributed by atoms with Crippen molar-refractivity contribution in [2.45, 2.75) is 13.1 Å². The Bertz CT molecular complexity index is 958. The van der Waals surface area contributed by atoms with Gasteiger partial charge in [-0.25, -0.2) is 4.98 Å². The molecule has 0 spiro atoms. The summed E-state index contributed by atoms with van der Waals surface area (Å²) in [6.07, 6.45) is 3.57. The molecule has 7 heteroatoms. The van der Waals surface area contributed by atoms with Gasteiger partial charge in [-0.15, -0.1) is 0 Å². The zero-order valence-corrected chi connectivity index (χ0v) is 17.6. The molecule has 1 aliphatic heterocycles. The predicted octanol–water partition coefficient (Wildman–Crippen LogP) is 2.63. The Morgan fingerprint density at radius 3 is 2.30 bits per heavy atom. The molecular formula is C23H28N6O. The van der Waals surface area contributed by atoms with Crippen molar-refractivity contribution in [1.82, 2.24) is 24.8 Å². The zero-order chi connectivity index (χ0) is 20.9. The average Bonchev–Trinajstić information content (AvgIpc) is 2.75. The summed E-state index contributed by atoms with van der Waals surface area (Å²) in [4.78, 5) is 20.5. The van der Waals surface area contributed by atoms with Crippen LogP contribution in [0.1, 0.15) is 11.4 Å². The van der Waals surface area contributed by atoms with Crippen LogP contribution in [-0.2, 0) is 13.1 Å². The molecule has 0 bridgehead atoms. The molecule has 4 rings (SSSR count). The van der Waals surface area contributed by atoms with E-state index >= 15 is 0 Å². The molecule has 1 aliphatic rings. The summed E-state index contributed by atoms with van der Waals surface area (Å²) in [5.74, 6) is 0.261. The molecule has 30 heavy (non-hydrogen) atoms. The van der Waals surface area contributed by atoms with Crippen LogP contribution in [-0.4, -0.2) is 70.1 Å². The number of hydrogen-bond acceptors (Lipinski definition) is 7. The fourth-order valence-electron chi connectivity index (χ4n) is 3.78. The molecule has 0 saturated carbocycles. The Labute approximate surface area is 177 Å². The van der Waals surface area contributed by atoms with Crippen LogP contribution in [0.15, 0.2) is 54.9 Å². The highest BCUT2D eigenvalue weighted by atomic mass is 16.3. The number of aromatic hydroxyl groups is 1. The molecule has 0 aliphatic carbocycles. The minimum absolute atomic E-state index is 0.261. The van der Waals surface area contributed by atoms with Gasteiger partial charge in [0.15, 0.2) is 0 Å². The van der Waals surface area contributed by atoms with Gasteiger partial charge in [-0.1, -0.05) is 12.1 Å². The molecule has 3 aromatic rings. The number of likely N-dealkylation sites (N-methyl/N-ethyl adjacent to an activating group) is 1. The maximum absolute atomic E-state index is 11.0. The van der Waals surface area contributed by atoms with E-state index in [0.717, 1.165) is 54.6 Å². The van der Waals surface area contributed by atoms with Gasteiger partial charge in [0.05, 0.1) is 17.1 Å². The standard InChI is InChI=1S/C23H28N6O/c1-27-11-13-29(14-12-27)23-21(30)15-19(26-22(23)20-8-4-6-10-25-20)17-28(2)16-18-7-3-5-9-24-18/h3-10,15H,11-14,16-17H2,1-2H3,(H,26,30). The molecule has 1 fully saturated rings. The second-order valence-corrected chi connectivity index (χ2v) is 7.83. The van der Waals surface area contributed by atoms with Crippen molar-refractivity contribution >= 4 is 5.69 Å². The third-order valence-electron chi connectivity index (χ3n) is 5.34. The zero-order valence-electron chi connectivity index (χ0n) is 17.6. The quantitative estimate of drug-likeness (QED) is 0.677. The normalized spacial score (nSPS) is 15.0. The highest BCUT2D eigenvalue weighted by Crippen LogP contribution is 2.37. The number of anilines is 1. The van der Waals surface area contributed by atoms with E-state index < -0.39 is 0 Å². The second kappa shape index (κ2) is 9.19. The van der Waals surface area contributed by atoms with Crippen LogP contribution in [0.2, 0.25) is 0 Å². The maximum atomic E-state index is 11.0. The van der Waals surface area contributed by atoms with Crippen LogP contribution in [0.3, 0.4) is 0 Å². The van der Waals surface area contributed by atoms with E-state index in [9.17, 15) is 5.11 Å². The molecular weight excluding hydrogens is 376 g/mol. The first-order valence-corrected chi connectivity index (χ1v) is 10.3. The van der Waals surface area contributed by atoms with Gasteiger partial charge in [-0.05, 0) is 38.4 Å². The molecule has 4 heterocycles. The smallest absolute Gasteiger partial charge is 0.143 e. The lowest BCUT2D eigenvalue weighted by Crippen LogP contribution is -2.44. The highest BCUT2D eigenvalue weighted by molar-refractivity contribution is 5.78. The third kappa shape index (κ3) is 4.75. The largest absolute Gasteiger partial charge is 0.506 e.